The molecule has 0 fully saturated rings. The lowest BCUT2D eigenvalue weighted by Crippen LogP contribution is -2.25. The average Bonchev–Trinajstić information content (AvgIpc) is 2.33. The Kier molecular flexibility index (Phi) is 7.52. The van der Waals surface area contributed by atoms with Crippen molar-refractivity contribution in [3.05, 3.63) is 35.1 Å². The molecule has 0 aromatic heterocycles. The third kappa shape index (κ3) is 5.75. The van der Waals surface area contributed by atoms with E-state index in [-0.39, 0.29) is 36.8 Å². The van der Waals surface area contributed by atoms with Crippen LogP contribution in [0.25, 0.3) is 0 Å². The quantitative estimate of drug-likeness (QED) is 0.821. The van der Waals surface area contributed by atoms with Crippen LogP contribution in [0.1, 0.15) is 24.0 Å². The number of nitrogens with one attached hydrogen (secondary N) is 1. The summed E-state index contributed by atoms with van der Waals surface area (Å²) in [6, 6.07) is 2.36. The van der Waals surface area contributed by atoms with Crippen molar-refractivity contribution in [2.45, 2.75) is 25.6 Å². The third-order valence-corrected chi connectivity index (χ3v) is 2.46. The molecule has 0 saturated heterocycles. The summed E-state index contributed by atoms with van der Waals surface area (Å²) in [5.41, 5.74) is 3.96. The van der Waals surface area contributed by atoms with Gasteiger partial charge in [0.05, 0.1) is 5.56 Å². The highest BCUT2D eigenvalue weighted by molar-refractivity contribution is 5.85. The predicted octanol–water partition coefficient (Wildman–Crippen LogP) is 2.62. The molecule has 0 heterocycles. The first-order valence-corrected chi connectivity index (χ1v) is 5.67. The Bertz CT molecular complexity index is 452. The van der Waals surface area contributed by atoms with Crippen molar-refractivity contribution in [2.24, 2.45) is 5.73 Å². The number of carbonyl (C=O) groups is 1. The molecule has 1 rings (SSSR count). The van der Waals surface area contributed by atoms with E-state index >= 15 is 0 Å². The number of halogens is 5. The van der Waals surface area contributed by atoms with E-state index in [1.807, 2.05) is 0 Å². The minimum Gasteiger partial charge on any atom is -0.352 e. The number of carbonyl (C=O) groups excluding carboxylic acids is 1. The van der Waals surface area contributed by atoms with Crippen LogP contribution in [0.15, 0.2) is 18.2 Å². The zero-order chi connectivity index (χ0) is 14.5. The Morgan fingerprint density at radius 3 is 2.50 bits per heavy atom. The number of nitrogens with two attached hydrogens (primary N) is 1. The fourth-order valence-electron chi connectivity index (χ4n) is 1.51. The number of hydrogen-bond donors (Lipinski definition) is 2. The summed E-state index contributed by atoms with van der Waals surface area (Å²) in [5.74, 6) is -1.35. The highest BCUT2D eigenvalue weighted by Crippen LogP contribution is 2.32. The van der Waals surface area contributed by atoms with E-state index in [0.717, 1.165) is 12.1 Å². The number of amides is 1. The summed E-state index contributed by atoms with van der Waals surface area (Å²) in [6.45, 7) is 0.0380. The van der Waals surface area contributed by atoms with Crippen LogP contribution in [0.5, 0.6) is 0 Å². The van der Waals surface area contributed by atoms with Crippen LogP contribution < -0.4 is 11.1 Å². The van der Waals surface area contributed by atoms with Crippen LogP contribution in [0.3, 0.4) is 0 Å². The number of hydrogen-bond acceptors (Lipinski definition) is 2. The second kappa shape index (κ2) is 8.06. The molecule has 0 atom stereocenters. The summed E-state index contributed by atoms with van der Waals surface area (Å²) in [5, 5.41) is 2.35. The summed E-state index contributed by atoms with van der Waals surface area (Å²) < 4.78 is 50.8. The molecule has 1 aromatic carbocycles. The molecule has 0 aliphatic heterocycles. The number of rotatable bonds is 5. The molecular weight excluding hydrogens is 300 g/mol. The lowest BCUT2D eigenvalue weighted by Gasteiger charge is -2.13. The molecule has 0 saturated carbocycles. The van der Waals surface area contributed by atoms with Crippen molar-refractivity contribution in [2.75, 3.05) is 6.54 Å². The van der Waals surface area contributed by atoms with Crippen molar-refractivity contribution >= 4 is 18.3 Å². The third-order valence-electron chi connectivity index (χ3n) is 2.46. The van der Waals surface area contributed by atoms with E-state index in [1.54, 1.807) is 0 Å². The van der Waals surface area contributed by atoms with Crippen LogP contribution in [0, 0.1) is 5.82 Å². The highest BCUT2D eigenvalue weighted by Gasteiger charge is 2.33. The van der Waals surface area contributed by atoms with Crippen LogP contribution in [-0.4, -0.2) is 12.5 Å². The van der Waals surface area contributed by atoms with Gasteiger partial charge in [0.2, 0.25) is 5.91 Å². The van der Waals surface area contributed by atoms with Gasteiger partial charge in [-0.3, -0.25) is 4.79 Å². The molecule has 8 heteroatoms. The van der Waals surface area contributed by atoms with E-state index in [2.05, 4.69) is 5.32 Å². The summed E-state index contributed by atoms with van der Waals surface area (Å²) >= 11 is 0. The minimum atomic E-state index is -4.65. The Morgan fingerprint density at radius 2 is 1.95 bits per heavy atom. The molecule has 114 valence electrons. The minimum absolute atomic E-state index is 0. The van der Waals surface area contributed by atoms with Gasteiger partial charge in [-0.05, 0) is 30.7 Å². The molecule has 0 radical (unpaired) electrons. The molecule has 0 bridgehead atoms. The maximum Gasteiger partial charge on any atom is 0.416 e. The van der Waals surface area contributed by atoms with E-state index in [9.17, 15) is 22.4 Å². The average molecular weight is 315 g/mol. The molecule has 1 amide bonds. The van der Waals surface area contributed by atoms with Gasteiger partial charge in [-0.15, -0.1) is 12.4 Å². The van der Waals surface area contributed by atoms with Crippen molar-refractivity contribution in [1.29, 1.82) is 0 Å². The molecule has 0 spiro atoms. The van der Waals surface area contributed by atoms with Crippen molar-refractivity contribution < 1.29 is 22.4 Å². The van der Waals surface area contributed by atoms with Crippen molar-refractivity contribution in [3.63, 3.8) is 0 Å². The first kappa shape index (κ1) is 18.7. The Morgan fingerprint density at radius 1 is 1.30 bits per heavy atom. The van der Waals surface area contributed by atoms with Gasteiger partial charge < -0.3 is 11.1 Å². The van der Waals surface area contributed by atoms with Gasteiger partial charge in [-0.2, -0.15) is 13.2 Å². The van der Waals surface area contributed by atoms with Crippen LogP contribution in [-0.2, 0) is 17.5 Å². The topological polar surface area (TPSA) is 55.1 Å². The largest absolute Gasteiger partial charge is 0.416 e. The monoisotopic (exact) mass is 314 g/mol. The smallest absolute Gasteiger partial charge is 0.352 e. The van der Waals surface area contributed by atoms with Gasteiger partial charge in [0.15, 0.2) is 0 Å². The fourth-order valence-corrected chi connectivity index (χ4v) is 1.51. The molecule has 0 aliphatic carbocycles. The number of benzene rings is 1. The first-order chi connectivity index (χ1) is 8.84. The second-order valence-electron chi connectivity index (χ2n) is 3.97. The summed E-state index contributed by atoms with van der Waals surface area (Å²) in [4.78, 5) is 11.3. The van der Waals surface area contributed by atoms with E-state index in [0.29, 0.717) is 19.0 Å². The fraction of sp³-hybridized carbons (Fsp3) is 0.417. The van der Waals surface area contributed by atoms with Gasteiger partial charge >= 0.3 is 6.18 Å². The van der Waals surface area contributed by atoms with E-state index in [4.69, 9.17) is 5.73 Å². The van der Waals surface area contributed by atoms with Gasteiger partial charge in [0.25, 0.3) is 0 Å². The maximum absolute atomic E-state index is 12.8. The Hall–Kier alpha value is -1.34. The molecule has 0 aliphatic rings. The second-order valence-corrected chi connectivity index (χ2v) is 3.97. The molecular formula is C12H15ClF4N2O. The molecule has 3 nitrogen and oxygen atoms in total. The first-order valence-electron chi connectivity index (χ1n) is 5.67. The molecule has 0 unspecified atom stereocenters. The van der Waals surface area contributed by atoms with Crippen LogP contribution >= 0.6 is 12.4 Å². The highest BCUT2D eigenvalue weighted by atomic mass is 35.5. The van der Waals surface area contributed by atoms with Crippen LogP contribution in [0.4, 0.5) is 17.6 Å². The maximum atomic E-state index is 12.8. The van der Waals surface area contributed by atoms with Gasteiger partial charge in [0, 0.05) is 13.0 Å². The van der Waals surface area contributed by atoms with E-state index in [1.165, 1.54) is 0 Å². The van der Waals surface area contributed by atoms with Crippen molar-refractivity contribution in [1.82, 2.24) is 5.32 Å². The lowest BCUT2D eigenvalue weighted by atomic mass is 10.1. The number of alkyl halides is 3. The van der Waals surface area contributed by atoms with Crippen LogP contribution in [0.2, 0.25) is 0 Å². The van der Waals surface area contributed by atoms with Gasteiger partial charge in [-0.1, -0.05) is 6.07 Å². The molecule has 1 aromatic rings. The summed E-state index contributed by atoms with van der Waals surface area (Å²) in [6.07, 6.45) is -4.04. The molecule has 3 N–H and O–H groups in total. The lowest BCUT2D eigenvalue weighted by molar-refractivity contribution is -0.138. The zero-order valence-electron chi connectivity index (χ0n) is 10.5. The van der Waals surface area contributed by atoms with Crippen molar-refractivity contribution in [3.8, 4) is 0 Å². The van der Waals surface area contributed by atoms with E-state index < -0.39 is 17.6 Å². The van der Waals surface area contributed by atoms with Gasteiger partial charge in [-0.25, -0.2) is 4.39 Å². The SMILES string of the molecule is Cl.NCCCC(=O)NCc1ccc(F)cc1C(F)(F)F. The Labute approximate surface area is 119 Å². The standard InChI is InChI=1S/C12H14F4N2O.ClH/c13-9-4-3-8(10(6-9)12(14,15)16)7-18-11(19)2-1-5-17;/h3-4,6H,1-2,5,7,17H2,(H,18,19);1H. The normalized spacial score (nSPS) is 10.8. The predicted molar refractivity (Wildman–Crippen MR) is 68.8 cm³/mol. The zero-order valence-corrected chi connectivity index (χ0v) is 11.3. The van der Waals surface area contributed by atoms with Gasteiger partial charge in [0.1, 0.15) is 5.82 Å². The molecule has 20 heavy (non-hydrogen) atoms. The summed E-state index contributed by atoms with van der Waals surface area (Å²) in [7, 11) is 0. The Balaban J connectivity index is 0.00000361.